The first-order valence-electron chi connectivity index (χ1n) is 8.10. The fourth-order valence-electron chi connectivity index (χ4n) is 2.80. The van der Waals surface area contributed by atoms with Gasteiger partial charge in [0.25, 0.3) is 11.5 Å². The van der Waals surface area contributed by atoms with Crippen molar-refractivity contribution in [3.63, 3.8) is 0 Å². The Morgan fingerprint density at radius 1 is 1.35 bits per heavy atom. The highest BCUT2D eigenvalue weighted by atomic mass is 16.5. The number of ether oxygens (including phenoxy) is 1. The molecule has 1 aromatic carbocycles. The molecule has 2 aromatic rings. The van der Waals surface area contributed by atoms with E-state index in [0.29, 0.717) is 17.1 Å². The summed E-state index contributed by atoms with van der Waals surface area (Å²) in [6.45, 7) is 3.28. The van der Waals surface area contributed by atoms with E-state index >= 15 is 0 Å². The monoisotopic (exact) mass is 357 g/mol. The molecule has 3 rings (SSSR count). The zero-order valence-corrected chi connectivity index (χ0v) is 14.4. The van der Waals surface area contributed by atoms with Gasteiger partial charge in [0.1, 0.15) is 18.0 Å². The van der Waals surface area contributed by atoms with Crippen molar-refractivity contribution in [3.8, 4) is 11.5 Å². The normalized spacial score (nSPS) is 14.0. The Morgan fingerprint density at radius 3 is 2.85 bits per heavy atom. The fourth-order valence-corrected chi connectivity index (χ4v) is 2.80. The Kier molecular flexibility index (Phi) is 4.66. The Morgan fingerprint density at radius 2 is 2.12 bits per heavy atom. The number of amides is 2. The smallest absolute Gasteiger partial charge is 0.262 e. The minimum atomic E-state index is -0.445. The third-order valence-corrected chi connectivity index (χ3v) is 4.14. The largest absolute Gasteiger partial charge is 0.508 e. The van der Waals surface area contributed by atoms with Crippen LogP contribution in [0.2, 0.25) is 0 Å². The molecule has 2 heterocycles. The van der Waals surface area contributed by atoms with Crippen LogP contribution < -0.4 is 20.9 Å². The number of pyridine rings is 1. The van der Waals surface area contributed by atoms with Gasteiger partial charge in [-0.1, -0.05) is 6.07 Å². The summed E-state index contributed by atoms with van der Waals surface area (Å²) in [6, 6.07) is 7.44. The van der Waals surface area contributed by atoms with Crippen LogP contribution in [0.1, 0.15) is 24.2 Å². The first kappa shape index (κ1) is 17.5. The van der Waals surface area contributed by atoms with E-state index in [2.05, 4.69) is 10.6 Å². The standard InChI is InChI=1S/C18H19N3O5/c1-10-5-13(22)7-18(25)21(10)8-16(23)19-11(2)12-3-4-15-14(6-12)20-17(24)9-26-15/h3-7,11,22H,8-9H2,1-2H3,(H,19,23)(H,20,24). The molecule has 8 heteroatoms. The lowest BCUT2D eigenvalue weighted by Gasteiger charge is -2.21. The predicted octanol–water partition coefficient (Wildman–Crippen LogP) is 1.07. The molecule has 0 bridgehead atoms. The first-order valence-corrected chi connectivity index (χ1v) is 8.10. The highest BCUT2D eigenvalue weighted by Gasteiger charge is 2.18. The second kappa shape index (κ2) is 6.91. The minimum Gasteiger partial charge on any atom is -0.508 e. The number of carbonyl (C=O) groups excluding carboxylic acids is 2. The summed E-state index contributed by atoms with van der Waals surface area (Å²) < 4.78 is 6.59. The lowest BCUT2D eigenvalue weighted by Crippen LogP contribution is -2.34. The molecule has 3 N–H and O–H groups in total. The SMILES string of the molecule is Cc1cc(O)cc(=O)n1CC(=O)NC(C)c1ccc2c(c1)NC(=O)CO2. The molecule has 26 heavy (non-hydrogen) atoms. The number of nitrogens with one attached hydrogen (secondary N) is 2. The number of nitrogens with zero attached hydrogens (tertiary/aromatic N) is 1. The molecule has 0 fully saturated rings. The number of fused-ring (bicyclic) bond motifs is 1. The van der Waals surface area contributed by atoms with E-state index in [1.807, 2.05) is 0 Å². The molecule has 8 nitrogen and oxygen atoms in total. The van der Waals surface area contributed by atoms with Crippen LogP contribution in [0.4, 0.5) is 5.69 Å². The number of benzene rings is 1. The van der Waals surface area contributed by atoms with Crippen LogP contribution in [0, 0.1) is 6.92 Å². The number of aromatic hydroxyl groups is 1. The van der Waals surface area contributed by atoms with Gasteiger partial charge >= 0.3 is 0 Å². The summed E-state index contributed by atoms with van der Waals surface area (Å²) in [7, 11) is 0. The van der Waals surface area contributed by atoms with E-state index in [-0.39, 0.29) is 36.8 Å². The molecular weight excluding hydrogens is 338 g/mol. The molecule has 0 spiro atoms. The number of rotatable bonds is 4. The number of hydrogen-bond acceptors (Lipinski definition) is 5. The molecule has 0 aliphatic carbocycles. The van der Waals surface area contributed by atoms with Gasteiger partial charge in [-0.25, -0.2) is 0 Å². The Hall–Kier alpha value is -3.29. The fraction of sp³-hybridized carbons (Fsp3) is 0.278. The molecule has 136 valence electrons. The van der Waals surface area contributed by atoms with Gasteiger partial charge in [0.15, 0.2) is 6.61 Å². The number of anilines is 1. The van der Waals surface area contributed by atoms with E-state index in [0.717, 1.165) is 11.6 Å². The van der Waals surface area contributed by atoms with Gasteiger partial charge in [-0.2, -0.15) is 0 Å². The van der Waals surface area contributed by atoms with E-state index < -0.39 is 5.56 Å². The van der Waals surface area contributed by atoms with Crippen LogP contribution >= 0.6 is 0 Å². The van der Waals surface area contributed by atoms with Crippen LogP contribution in [-0.2, 0) is 16.1 Å². The van der Waals surface area contributed by atoms with Crippen molar-refractivity contribution in [2.75, 3.05) is 11.9 Å². The quantitative estimate of drug-likeness (QED) is 0.758. The van der Waals surface area contributed by atoms with Gasteiger partial charge in [0.2, 0.25) is 5.91 Å². The molecule has 1 aromatic heterocycles. The third kappa shape index (κ3) is 3.69. The summed E-state index contributed by atoms with van der Waals surface area (Å²) in [4.78, 5) is 35.6. The molecule has 1 aliphatic heterocycles. The van der Waals surface area contributed by atoms with Crippen molar-refractivity contribution in [2.45, 2.75) is 26.4 Å². The average Bonchev–Trinajstić information content (AvgIpc) is 2.57. The molecule has 1 unspecified atom stereocenters. The molecule has 1 atom stereocenters. The van der Waals surface area contributed by atoms with Crippen molar-refractivity contribution in [2.24, 2.45) is 0 Å². The first-order chi connectivity index (χ1) is 12.3. The topological polar surface area (TPSA) is 110 Å². The zero-order valence-electron chi connectivity index (χ0n) is 14.4. The minimum absolute atomic E-state index is 0.0145. The lowest BCUT2D eigenvalue weighted by atomic mass is 10.1. The molecule has 2 amide bonds. The van der Waals surface area contributed by atoms with Gasteiger partial charge in [0.05, 0.1) is 11.7 Å². The second-order valence-electron chi connectivity index (χ2n) is 6.16. The maximum absolute atomic E-state index is 12.3. The van der Waals surface area contributed by atoms with Gasteiger partial charge < -0.3 is 25.0 Å². The Balaban J connectivity index is 1.71. The lowest BCUT2D eigenvalue weighted by molar-refractivity contribution is -0.122. The van der Waals surface area contributed by atoms with Crippen LogP contribution in [0.25, 0.3) is 0 Å². The summed E-state index contributed by atoms with van der Waals surface area (Å²) in [5.41, 5.74) is 1.40. The van der Waals surface area contributed by atoms with Crippen molar-refractivity contribution >= 4 is 17.5 Å². The van der Waals surface area contributed by atoms with E-state index in [9.17, 15) is 19.5 Å². The summed E-state index contributed by atoms with van der Waals surface area (Å²) in [5, 5.41) is 14.9. The summed E-state index contributed by atoms with van der Waals surface area (Å²) in [6.07, 6.45) is 0. The number of aromatic nitrogens is 1. The van der Waals surface area contributed by atoms with Crippen LogP contribution in [-0.4, -0.2) is 28.1 Å². The van der Waals surface area contributed by atoms with E-state index in [4.69, 9.17) is 4.74 Å². The Bertz CT molecular complexity index is 935. The molecule has 0 saturated heterocycles. The van der Waals surface area contributed by atoms with E-state index in [1.165, 1.54) is 10.6 Å². The van der Waals surface area contributed by atoms with Crippen LogP contribution in [0.3, 0.4) is 0 Å². The highest BCUT2D eigenvalue weighted by molar-refractivity contribution is 5.95. The third-order valence-electron chi connectivity index (χ3n) is 4.14. The molecule has 1 aliphatic rings. The van der Waals surface area contributed by atoms with Crippen LogP contribution in [0.5, 0.6) is 11.5 Å². The van der Waals surface area contributed by atoms with Gasteiger partial charge in [-0.3, -0.25) is 14.4 Å². The maximum atomic E-state index is 12.3. The van der Waals surface area contributed by atoms with Gasteiger partial charge in [0, 0.05) is 11.8 Å². The van der Waals surface area contributed by atoms with E-state index in [1.54, 1.807) is 32.0 Å². The predicted molar refractivity (Wildman–Crippen MR) is 94.2 cm³/mol. The Labute approximate surface area is 149 Å². The van der Waals surface area contributed by atoms with Gasteiger partial charge in [-0.15, -0.1) is 0 Å². The maximum Gasteiger partial charge on any atom is 0.262 e. The summed E-state index contributed by atoms with van der Waals surface area (Å²) >= 11 is 0. The van der Waals surface area contributed by atoms with Crippen molar-refractivity contribution in [3.05, 3.63) is 51.9 Å². The van der Waals surface area contributed by atoms with Crippen LogP contribution in [0.15, 0.2) is 35.1 Å². The molecular formula is C18H19N3O5. The second-order valence-corrected chi connectivity index (χ2v) is 6.16. The molecule has 0 radical (unpaired) electrons. The van der Waals surface area contributed by atoms with Gasteiger partial charge in [-0.05, 0) is 37.6 Å². The highest BCUT2D eigenvalue weighted by Crippen LogP contribution is 2.30. The average molecular weight is 357 g/mol. The number of aryl methyl sites for hydroxylation is 1. The zero-order chi connectivity index (χ0) is 18.8. The number of hydrogen-bond donors (Lipinski definition) is 3. The molecule has 0 saturated carbocycles. The van der Waals surface area contributed by atoms with Crippen molar-refractivity contribution in [1.82, 2.24) is 9.88 Å². The summed E-state index contributed by atoms with van der Waals surface area (Å²) in [5.74, 6) is -0.117. The number of carbonyl (C=O) groups is 2. The van der Waals surface area contributed by atoms with Crippen molar-refractivity contribution < 1.29 is 19.4 Å². The van der Waals surface area contributed by atoms with Crippen molar-refractivity contribution in [1.29, 1.82) is 0 Å².